The van der Waals surface area contributed by atoms with E-state index < -0.39 is 11.6 Å². The first kappa shape index (κ1) is 24.1. The first-order valence-corrected chi connectivity index (χ1v) is 11.4. The molecule has 0 unspecified atom stereocenters. The largest absolute Gasteiger partial charge is 0.465 e. The maximum atomic E-state index is 13.4. The van der Waals surface area contributed by atoms with E-state index >= 15 is 0 Å². The van der Waals surface area contributed by atoms with Gasteiger partial charge in [-0.3, -0.25) is 0 Å². The molecular weight excluding hydrogens is 445 g/mol. The van der Waals surface area contributed by atoms with Crippen LogP contribution in [0.1, 0.15) is 49.5 Å². The molecule has 0 fully saturated rings. The van der Waals surface area contributed by atoms with Gasteiger partial charge in [-0.15, -0.1) is 0 Å². The standard InChI is InChI=1S/C29H28FNO4/c1-29(2,3)35-28(32)25-16-10-20(17-26(25)31-23-13-11-22(30)12-14-23)9-15-24-18-33-19-27(34-24)21-7-5-4-6-8-21/h4-5,7,9-19,31H,6,8H2,1-3H3. The van der Waals surface area contributed by atoms with Crippen LogP contribution in [0.4, 0.5) is 15.8 Å². The predicted octanol–water partition coefficient (Wildman–Crippen LogP) is 7.54. The Kier molecular flexibility index (Phi) is 7.20. The minimum absolute atomic E-state index is 0.337. The zero-order valence-electron chi connectivity index (χ0n) is 20.0. The molecule has 1 aliphatic heterocycles. The summed E-state index contributed by atoms with van der Waals surface area (Å²) in [5.41, 5.74) is 2.83. The summed E-state index contributed by atoms with van der Waals surface area (Å²) in [6.45, 7) is 5.45. The Morgan fingerprint density at radius 3 is 2.60 bits per heavy atom. The second kappa shape index (κ2) is 10.5. The van der Waals surface area contributed by atoms with Crippen molar-refractivity contribution in [1.82, 2.24) is 0 Å². The van der Waals surface area contributed by atoms with Crippen molar-refractivity contribution in [1.29, 1.82) is 0 Å². The maximum Gasteiger partial charge on any atom is 0.340 e. The monoisotopic (exact) mass is 473 g/mol. The van der Waals surface area contributed by atoms with Gasteiger partial charge in [0.2, 0.25) is 0 Å². The van der Waals surface area contributed by atoms with E-state index in [9.17, 15) is 9.18 Å². The van der Waals surface area contributed by atoms with Crippen LogP contribution < -0.4 is 5.32 Å². The lowest BCUT2D eigenvalue weighted by atomic mass is 10.0. The number of esters is 1. The van der Waals surface area contributed by atoms with Gasteiger partial charge in [-0.05, 0) is 87.2 Å². The van der Waals surface area contributed by atoms with Crippen molar-refractivity contribution >= 4 is 23.4 Å². The SMILES string of the molecule is CC(C)(C)OC(=O)c1ccc(C=CC2=COC=C(C3=CC=CCC3)O2)cc1Nc1ccc(F)cc1. The molecule has 180 valence electrons. The van der Waals surface area contributed by atoms with Gasteiger partial charge < -0.3 is 19.5 Å². The van der Waals surface area contributed by atoms with Crippen LogP contribution in [0.5, 0.6) is 0 Å². The molecule has 0 saturated heterocycles. The molecule has 5 nitrogen and oxygen atoms in total. The van der Waals surface area contributed by atoms with Crippen LogP contribution in [0.3, 0.4) is 0 Å². The number of nitrogens with one attached hydrogen (secondary N) is 1. The Labute approximate surface area is 204 Å². The van der Waals surface area contributed by atoms with Crippen LogP contribution in [0.25, 0.3) is 6.08 Å². The Morgan fingerprint density at radius 1 is 1.09 bits per heavy atom. The van der Waals surface area contributed by atoms with Gasteiger partial charge in [0.25, 0.3) is 0 Å². The number of ether oxygens (including phenoxy) is 3. The molecule has 2 aliphatic rings. The molecule has 0 spiro atoms. The molecule has 35 heavy (non-hydrogen) atoms. The smallest absolute Gasteiger partial charge is 0.340 e. The maximum absolute atomic E-state index is 13.4. The van der Waals surface area contributed by atoms with Gasteiger partial charge in [-0.2, -0.15) is 0 Å². The fourth-order valence-corrected chi connectivity index (χ4v) is 3.51. The fraction of sp³-hybridized carbons (Fsp3) is 0.207. The van der Waals surface area contributed by atoms with Crippen molar-refractivity contribution in [3.8, 4) is 0 Å². The van der Waals surface area contributed by atoms with Gasteiger partial charge in [0.1, 0.15) is 23.9 Å². The van der Waals surface area contributed by atoms with Gasteiger partial charge >= 0.3 is 5.97 Å². The highest BCUT2D eigenvalue weighted by Gasteiger charge is 2.21. The number of rotatable bonds is 6. The Hall–Kier alpha value is -4.06. The lowest BCUT2D eigenvalue weighted by Crippen LogP contribution is -2.24. The summed E-state index contributed by atoms with van der Waals surface area (Å²) in [4.78, 5) is 12.8. The number of halogens is 1. The zero-order chi connectivity index (χ0) is 24.8. The molecule has 4 rings (SSSR count). The van der Waals surface area contributed by atoms with Crippen LogP contribution >= 0.6 is 0 Å². The number of hydrogen-bond acceptors (Lipinski definition) is 5. The summed E-state index contributed by atoms with van der Waals surface area (Å²) in [6, 6.07) is 11.3. The molecule has 1 aliphatic carbocycles. The molecule has 2 aromatic rings. The van der Waals surface area contributed by atoms with E-state index in [1.165, 1.54) is 18.4 Å². The van der Waals surface area contributed by atoms with Crippen LogP contribution in [0, 0.1) is 5.82 Å². The number of carbonyl (C=O) groups excluding carboxylic acids is 1. The van der Waals surface area contributed by atoms with Crippen molar-refractivity contribution in [2.75, 3.05) is 5.32 Å². The number of carbonyl (C=O) groups is 1. The Balaban J connectivity index is 1.55. The molecule has 2 aromatic carbocycles. The average Bonchev–Trinajstić information content (AvgIpc) is 2.84. The average molecular weight is 474 g/mol. The highest BCUT2D eigenvalue weighted by Crippen LogP contribution is 2.28. The Morgan fingerprint density at radius 2 is 1.89 bits per heavy atom. The fourth-order valence-electron chi connectivity index (χ4n) is 3.51. The van der Waals surface area contributed by atoms with E-state index in [0.717, 1.165) is 24.0 Å². The molecule has 0 aromatic heterocycles. The number of benzene rings is 2. The summed E-state index contributed by atoms with van der Waals surface area (Å²) in [5.74, 6) is 0.461. The number of allylic oxidation sites excluding steroid dienone is 5. The lowest BCUT2D eigenvalue weighted by Gasteiger charge is -2.21. The topological polar surface area (TPSA) is 56.8 Å². The third kappa shape index (κ3) is 6.73. The molecule has 0 amide bonds. The van der Waals surface area contributed by atoms with Crippen LogP contribution in [-0.4, -0.2) is 11.6 Å². The van der Waals surface area contributed by atoms with Crippen molar-refractivity contribution < 1.29 is 23.4 Å². The highest BCUT2D eigenvalue weighted by atomic mass is 19.1. The molecule has 1 heterocycles. The zero-order valence-corrected chi connectivity index (χ0v) is 20.0. The summed E-state index contributed by atoms with van der Waals surface area (Å²) < 4.78 is 30.4. The molecule has 0 atom stereocenters. The first-order chi connectivity index (χ1) is 16.8. The molecule has 0 bridgehead atoms. The summed E-state index contributed by atoms with van der Waals surface area (Å²) in [6.07, 6.45) is 14.8. The lowest BCUT2D eigenvalue weighted by molar-refractivity contribution is 0.00707. The summed E-state index contributed by atoms with van der Waals surface area (Å²) in [7, 11) is 0. The molecule has 6 heteroatoms. The van der Waals surface area contributed by atoms with Crippen molar-refractivity contribution in [3.05, 3.63) is 113 Å². The van der Waals surface area contributed by atoms with E-state index in [1.807, 2.05) is 51.1 Å². The van der Waals surface area contributed by atoms with Crippen molar-refractivity contribution in [2.45, 2.75) is 39.2 Å². The third-order valence-electron chi connectivity index (χ3n) is 5.14. The Bertz CT molecular complexity index is 1240. The summed E-state index contributed by atoms with van der Waals surface area (Å²) in [5, 5.41) is 3.20. The number of hydrogen-bond donors (Lipinski definition) is 1. The van der Waals surface area contributed by atoms with Crippen LogP contribution in [0.15, 0.2) is 96.4 Å². The van der Waals surface area contributed by atoms with E-state index in [-0.39, 0.29) is 5.82 Å². The van der Waals surface area contributed by atoms with Crippen molar-refractivity contribution in [3.63, 3.8) is 0 Å². The first-order valence-electron chi connectivity index (χ1n) is 11.4. The summed E-state index contributed by atoms with van der Waals surface area (Å²) >= 11 is 0. The quantitative estimate of drug-likeness (QED) is 0.439. The van der Waals surface area contributed by atoms with E-state index in [4.69, 9.17) is 14.2 Å². The van der Waals surface area contributed by atoms with Crippen LogP contribution in [0.2, 0.25) is 0 Å². The minimum Gasteiger partial charge on any atom is -0.465 e. The van der Waals surface area contributed by atoms with E-state index in [0.29, 0.717) is 28.5 Å². The predicted molar refractivity (Wildman–Crippen MR) is 135 cm³/mol. The second-order valence-corrected chi connectivity index (χ2v) is 9.17. The second-order valence-electron chi connectivity index (χ2n) is 9.17. The normalized spacial score (nSPS) is 15.5. The van der Waals surface area contributed by atoms with Gasteiger partial charge in [-0.25, -0.2) is 9.18 Å². The molecule has 0 radical (unpaired) electrons. The van der Waals surface area contributed by atoms with Gasteiger partial charge in [0, 0.05) is 5.69 Å². The van der Waals surface area contributed by atoms with E-state index in [1.54, 1.807) is 30.5 Å². The third-order valence-corrected chi connectivity index (χ3v) is 5.14. The van der Waals surface area contributed by atoms with Gasteiger partial charge in [-0.1, -0.05) is 30.4 Å². The van der Waals surface area contributed by atoms with Crippen LogP contribution in [-0.2, 0) is 14.2 Å². The highest BCUT2D eigenvalue weighted by molar-refractivity contribution is 5.97. The number of anilines is 2. The minimum atomic E-state index is -0.637. The molecule has 0 saturated carbocycles. The van der Waals surface area contributed by atoms with Gasteiger partial charge in [0.05, 0.1) is 11.3 Å². The van der Waals surface area contributed by atoms with E-state index in [2.05, 4.69) is 11.4 Å². The molecule has 1 N–H and O–H groups in total. The van der Waals surface area contributed by atoms with Gasteiger partial charge in [0.15, 0.2) is 11.5 Å². The van der Waals surface area contributed by atoms with Crippen molar-refractivity contribution in [2.24, 2.45) is 0 Å². The molecular formula is C29H28FNO4.